The summed E-state index contributed by atoms with van der Waals surface area (Å²) in [5, 5.41) is 2.80. The number of ether oxygens (including phenoxy) is 2. The van der Waals surface area contributed by atoms with Crippen molar-refractivity contribution in [3.8, 4) is 5.75 Å². The lowest BCUT2D eigenvalue weighted by Gasteiger charge is -2.17. The maximum Gasteiger partial charge on any atom is 0.337 e. The van der Waals surface area contributed by atoms with Crippen molar-refractivity contribution in [1.29, 1.82) is 0 Å². The molecule has 0 aromatic heterocycles. The number of aryl methyl sites for hydroxylation is 2. The summed E-state index contributed by atoms with van der Waals surface area (Å²) in [5.41, 5.74) is 2.74. The summed E-state index contributed by atoms with van der Waals surface area (Å²) in [5.74, 6) is -0.0711. The predicted octanol–water partition coefficient (Wildman–Crippen LogP) is 3.50. The fourth-order valence-corrected chi connectivity index (χ4v) is 2.17. The number of para-hydroxylation sites is 1. The fraction of sp³-hybridized carbons (Fsp3) is 0.263. The SMILES string of the molecule is COC(=O)c1ccc(C)c(NC(=O)C(C)Oc2ccccc2C)c1. The molecule has 0 aliphatic rings. The van der Waals surface area contributed by atoms with Crippen LogP contribution in [0.15, 0.2) is 42.5 Å². The number of rotatable bonds is 5. The zero-order valence-corrected chi connectivity index (χ0v) is 14.3. The van der Waals surface area contributed by atoms with Crippen LogP contribution in [-0.4, -0.2) is 25.1 Å². The molecule has 0 radical (unpaired) electrons. The van der Waals surface area contributed by atoms with Gasteiger partial charge in [0.1, 0.15) is 5.75 Å². The largest absolute Gasteiger partial charge is 0.481 e. The smallest absolute Gasteiger partial charge is 0.337 e. The fourth-order valence-electron chi connectivity index (χ4n) is 2.17. The molecule has 24 heavy (non-hydrogen) atoms. The number of nitrogens with one attached hydrogen (secondary N) is 1. The van der Waals surface area contributed by atoms with Gasteiger partial charge in [-0.25, -0.2) is 4.79 Å². The van der Waals surface area contributed by atoms with Gasteiger partial charge in [-0.05, 0) is 50.1 Å². The molecule has 1 unspecified atom stereocenters. The number of benzene rings is 2. The van der Waals surface area contributed by atoms with E-state index in [2.05, 4.69) is 5.32 Å². The van der Waals surface area contributed by atoms with E-state index < -0.39 is 12.1 Å². The summed E-state index contributed by atoms with van der Waals surface area (Å²) in [6, 6.07) is 12.5. The predicted molar refractivity (Wildman–Crippen MR) is 92.4 cm³/mol. The first kappa shape index (κ1) is 17.5. The van der Waals surface area contributed by atoms with E-state index in [9.17, 15) is 9.59 Å². The molecule has 2 aromatic carbocycles. The molecule has 0 bridgehead atoms. The number of methoxy groups -OCH3 is 1. The molecule has 0 spiro atoms. The molecule has 5 heteroatoms. The van der Waals surface area contributed by atoms with Gasteiger partial charge in [0.25, 0.3) is 5.91 Å². The van der Waals surface area contributed by atoms with E-state index in [4.69, 9.17) is 9.47 Å². The summed E-state index contributed by atoms with van der Waals surface area (Å²) in [4.78, 5) is 24.0. The Morgan fingerprint density at radius 3 is 2.42 bits per heavy atom. The summed E-state index contributed by atoms with van der Waals surface area (Å²) >= 11 is 0. The molecule has 0 aliphatic carbocycles. The van der Waals surface area contributed by atoms with Crippen LogP contribution < -0.4 is 10.1 Å². The zero-order valence-electron chi connectivity index (χ0n) is 14.3. The van der Waals surface area contributed by atoms with Gasteiger partial charge in [0, 0.05) is 5.69 Å². The van der Waals surface area contributed by atoms with Crippen LogP contribution in [0.3, 0.4) is 0 Å². The first-order valence-electron chi connectivity index (χ1n) is 7.64. The summed E-state index contributed by atoms with van der Waals surface area (Å²) in [7, 11) is 1.32. The Bertz CT molecular complexity index is 755. The summed E-state index contributed by atoms with van der Waals surface area (Å²) < 4.78 is 10.4. The Labute approximate surface area is 141 Å². The number of amides is 1. The summed E-state index contributed by atoms with van der Waals surface area (Å²) in [6.07, 6.45) is -0.674. The summed E-state index contributed by atoms with van der Waals surface area (Å²) in [6.45, 7) is 5.45. The van der Waals surface area contributed by atoms with E-state index in [1.807, 2.05) is 38.1 Å². The zero-order chi connectivity index (χ0) is 17.7. The second-order valence-corrected chi connectivity index (χ2v) is 5.54. The Morgan fingerprint density at radius 1 is 1.04 bits per heavy atom. The maximum absolute atomic E-state index is 12.4. The molecule has 2 aromatic rings. The Hall–Kier alpha value is -2.82. The van der Waals surface area contributed by atoms with Crippen LogP contribution in [-0.2, 0) is 9.53 Å². The molecular formula is C19H21NO4. The molecule has 0 saturated carbocycles. The highest BCUT2D eigenvalue weighted by Gasteiger charge is 2.17. The van der Waals surface area contributed by atoms with Gasteiger partial charge in [0.15, 0.2) is 6.10 Å². The van der Waals surface area contributed by atoms with E-state index in [0.717, 1.165) is 11.1 Å². The number of carbonyl (C=O) groups excluding carboxylic acids is 2. The molecule has 5 nitrogen and oxygen atoms in total. The van der Waals surface area contributed by atoms with Gasteiger partial charge in [-0.2, -0.15) is 0 Å². The molecule has 2 rings (SSSR count). The van der Waals surface area contributed by atoms with Gasteiger partial charge < -0.3 is 14.8 Å². The topological polar surface area (TPSA) is 64.6 Å². The van der Waals surface area contributed by atoms with Crippen molar-refractivity contribution < 1.29 is 19.1 Å². The van der Waals surface area contributed by atoms with Crippen molar-refractivity contribution in [2.24, 2.45) is 0 Å². The number of hydrogen-bond donors (Lipinski definition) is 1. The van der Waals surface area contributed by atoms with Crippen LogP contribution in [0.2, 0.25) is 0 Å². The monoisotopic (exact) mass is 327 g/mol. The lowest BCUT2D eigenvalue weighted by molar-refractivity contribution is -0.122. The van der Waals surface area contributed by atoms with Crippen molar-refractivity contribution in [2.45, 2.75) is 26.9 Å². The van der Waals surface area contributed by atoms with Crippen LogP contribution in [0.5, 0.6) is 5.75 Å². The van der Waals surface area contributed by atoms with Crippen molar-refractivity contribution in [2.75, 3.05) is 12.4 Å². The maximum atomic E-state index is 12.4. The van der Waals surface area contributed by atoms with Crippen LogP contribution in [0.1, 0.15) is 28.4 Å². The lowest BCUT2D eigenvalue weighted by Crippen LogP contribution is -2.30. The number of esters is 1. The van der Waals surface area contributed by atoms with Crippen molar-refractivity contribution >= 4 is 17.6 Å². The van der Waals surface area contributed by atoms with Crippen LogP contribution in [0.25, 0.3) is 0 Å². The van der Waals surface area contributed by atoms with Gasteiger partial charge in [0.2, 0.25) is 0 Å². The van der Waals surface area contributed by atoms with Crippen LogP contribution in [0, 0.1) is 13.8 Å². The Kier molecular flexibility index (Phi) is 5.58. The van der Waals surface area contributed by atoms with Gasteiger partial charge in [-0.15, -0.1) is 0 Å². The van der Waals surface area contributed by atoms with Gasteiger partial charge in [0.05, 0.1) is 12.7 Å². The van der Waals surface area contributed by atoms with Crippen molar-refractivity contribution in [1.82, 2.24) is 0 Å². The normalized spacial score (nSPS) is 11.5. The molecule has 0 saturated heterocycles. The van der Waals surface area contributed by atoms with Gasteiger partial charge in [-0.3, -0.25) is 4.79 Å². The third-order valence-corrected chi connectivity index (χ3v) is 3.68. The van der Waals surface area contributed by atoms with Crippen LogP contribution in [0.4, 0.5) is 5.69 Å². The average Bonchev–Trinajstić information content (AvgIpc) is 2.58. The molecule has 0 fully saturated rings. The molecular weight excluding hydrogens is 306 g/mol. The minimum absolute atomic E-state index is 0.289. The Morgan fingerprint density at radius 2 is 1.75 bits per heavy atom. The van der Waals surface area contributed by atoms with Crippen LogP contribution >= 0.6 is 0 Å². The van der Waals surface area contributed by atoms with E-state index in [0.29, 0.717) is 17.0 Å². The first-order chi connectivity index (χ1) is 11.4. The second-order valence-electron chi connectivity index (χ2n) is 5.54. The minimum atomic E-state index is -0.674. The molecule has 0 heterocycles. The minimum Gasteiger partial charge on any atom is -0.481 e. The number of anilines is 1. The van der Waals surface area contributed by atoms with Crippen molar-refractivity contribution in [3.05, 3.63) is 59.2 Å². The van der Waals surface area contributed by atoms with E-state index >= 15 is 0 Å². The van der Waals surface area contributed by atoms with Gasteiger partial charge in [-0.1, -0.05) is 24.3 Å². The highest BCUT2D eigenvalue weighted by atomic mass is 16.5. The standard InChI is InChI=1S/C19H21NO4/c1-12-9-10-15(19(22)23-4)11-16(12)20-18(21)14(3)24-17-8-6-5-7-13(17)2/h5-11,14H,1-4H3,(H,20,21). The third kappa shape index (κ3) is 4.13. The highest BCUT2D eigenvalue weighted by Crippen LogP contribution is 2.20. The van der Waals surface area contributed by atoms with E-state index in [-0.39, 0.29) is 5.91 Å². The average molecular weight is 327 g/mol. The molecule has 0 aliphatic heterocycles. The third-order valence-electron chi connectivity index (χ3n) is 3.68. The van der Waals surface area contributed by atoms with E-state index in [1.54, 1.807) is 25.1 Å². The van der Waals surface area contributed by atoms with E-state index in [1.165, 1.54) is 7.11 Å². The molecule has 1 amide bonds. The first-order valence-corrected chi connectivity index (χ1v) is 7.64. The highest BCUT2D eigenvalue weighted by molar-refractivity contribution is 5.97. The molecule has 1 N–H and O–H groups in total. The Balaban J connectivity index is 2.11. The van der Waals surface area contributed by atoms with Crippen molar-refractivity contribution in [3.63, 3.8) is 0 Å². The number of hydrogen-bond acceptors (Lipinski definition) is 4. The molecule has 1 atom stereocenters. The lowest BCUT2D eigenvalue weighted by atomic mass is 10.1. The number of carbonyl (C=O) groups is 2. The second kappa shape index (κ2) is 7.64. The quantitative estimate of drug-likeness (QED) is 0.854. The molecule has 126 valence electrons. The van der Waals surface area contributed by atoms with Gasteiger partial charge >= 0.3 is 5.97 Å².